The van der Waals surface area contributed by atoms with Crippen LogP contribution in [0.1, 0.15) is 0 Å². The third kappa shape index (κ3) is 4.55. The van der Waals surface area contributed by atoms with E-state index in [9.17, 15) is 22.0 Å². The van der Waals surface area contributed by atoms with Gasteiger partial charge in [-0.05, 0) is 18.2 Å². The van der Waals surface area contributed by atoms with Gasteiger partial charge >= 0.3 is 0 Å². The lowest BCUT2D eigenvalue weighted by Crippen LogP contribution is -2.41. The molecule has 21 heavy (non-hydrogen) atoms. The minimum atomic E-state index is -3.23. The smallest absolute Gasteiger partial charge is 0.230 e. The number of hydrogen-bond donors (Lipinski definition) is 1. The molecular formula is C12H12ClF2NO3S2. The summed E-state index contributed by atoms with van der Waals surface area (Å²) in [6.45, 7) is 0. The van der Waals surface area contributed by atoms with E-state index in [4.69, 9.17) is 11.6 Å². The maximum atomic E-state index is 13.4. The van der Waals surface area contributed by atoms with Crippen molar-refractivity contribution in [2.45, 2.75) is 16.3 Å². The highest BCUT2D eigenvalue weighted by atomic mass is 35.5. The molecule has 1 aliphatic heterocycles. The molecule has 1 aromatic carbocycles. The van der Waals surface area contributed by atoms with E-state index < -0.39 is 38.8 Å². The predicted molar refractivity (Wildman–Crippen MR) is 77.3 cm³/mol. The molecule has 0 unspecified atom stereocenters. The van der Waals surface area contributed by atoms with E-state index in [1.807, 2.05) is 0 Å². The molecule has 1 amide bonds. The van der Waals surface area contributed by atoms with Gasteiger partial charge in [0.05, 0.1) is 28.7 Å². The first-order valence-electron chi connectivity index (χ1n) is 5.98. The van der Waals surface area contributed by atoms with Crippen molar-refractivity contribution in [1.29, 1.82) is 0 Å². The number of carbonyl (C=O) groups is 1. The zero-order valence-corrected chi connectivity index (χ0v) is 13.1. The summed E-state index contributed by atoms with van der Waals surface area (Å²) in [4.78, 5) is 11.7. The van der Waals surface area contributed by atoms with E-state index in [2.05, 4.69) is 5.32 Å². The minimum absolute atomic E-state index is 0.0200. The number of nitrogens with one attached hydrogen (secondary N) is 1. The van der Waals surface area contributed by atoms with Gasteiger partial charge in [-0.1, -0.05) is 0 Å². The topological polar surface area (TPSA) is 63.2 Å². The molecule has 1 heterocycles. The van der Waals surface area contributed by atoms with Crippen molar-refractivity contribution < 1.29 is 22.0 Å². The zero-order valence-electron chi connectivity index (χ0n) is 10.7. The molecule has 0 aliphatic carbocycles. The Morgan fingerprint density at radius 1 is 1.38 bits per heavy atom. The highest BCUT2D eigenvalue weighted by Gasteiger charge is 2.37. The number of thioether (sulfide) groups is 1. The Hall–Kier alpha value is -0.860. The molecule has 1 aliphatic rings. The second-order valence-corrected chi connectivity index (χ2v) is 8.36. The number of hydrogen-bond acceptors (Lipinski definition) is 4. The first-order valence-corrected chi connectivity index (χ1v) is 9.23. The molecule has 1 aromatic rings. The summed E-state index contributed by atoms with van der Waals surface area (Å²) in [6, 6.07) is 2.31. The van der Waals surface area contributed by atoms with Gasteiger partial charge in [-0.3, -0.25) is 4.79 Å². The summed E-state index contributed by atoms with van der Waals surface area (Å²) in [5.41, 5.74) is 0. The minimum Gasteiger partial charge on any atom is -0.350 e. The fourth-order valence-corrected chi connectivity index (χ4v) is 5.24. The molecule has 1 saturated heterocycles. The Balaban J connectivity index is 1.90. The van der Waals surface area contributed by atoms with Crippen LogP contribution in [0, 0.1) is 11.6 Å². The van der Waals surface area contributed by atoms with Crippen molar-refractivity contribution in [3.63, 3.8) is 0 Å². The van der Waals surface area contributed by atoms with Crippen LogP contribution in [-0.2, 0) is 14.6 Å². The molecular weight excluding hydrogens is 344 g/mol. The summed E-state index contributed by atoms with van der Waals surface area (Å²) in [7, 11) is -3.23. The third-order valence-electron chi connectivity index (χ3n) is 2.88. The molecule has 0 radical (unpaired) electrons. The van der Waals surface area contributed by atoms with Gasteiger partial charge in [-0.25, -0.2) is 17.2 Å². The van der Waals surface area contributed by atoms with Crippen LogP contribution in [0.15, 0.2) is 23.1 Å². The number of sulfone groups is 1. The van der Waals surface area contributed by atoms with Crippen molar-refractivity contribution in [3.8, 4) is 0 Å². The molecule has 4 nitrogen and oxygen atoms in total. The molecule has 116 valence electrons. The largest absolute Gasteiger partial charge is 0.350 e. The molecule has 0 spiro atoms. The van der Waals surface area contributed by atoms with Crippen LogP contribution in [0.25, 0.3) is 0 Å². The second kappa shape index (κ2) is 6.50. The van der Waals surface area contributed by atoms with Crippen molar-refractivity contribution in [2.75, 3.05) is 17.3 Å². The average Bonchev–Trinajstić information content (AvgIpc) is 2.63. The van der Waals surface area contributed by atoms with Gasteiger partial charge in [0.25, 0.3) is 0 Å². The molecule has 1 fully saturated rings. The predicted octanol–water partition coefficient (Wildman–Crippen LogP) is 1.58. The molecule has 0 aromatic heterocycles. The lowest BCUT2D eigenvalue weighted by Gasteiger charge is -2.14. The third-order valence-corrected chi connectivity index (χ3v) is 6.29. The van der Waals surface area contributed by atoms with E-state index in [1.54, 1.807) is 0 Å². The zero-order chi connectivity index (χ0) is 15.6. The number of carbonyl (C=O) groups excluding carboxylic acids is 1. The number of halogens is 3. The van der Waals surface area contributed by atoms with Crippen LogP contribution in [0.2, 0.25) is 0 Å². The monoisotopic (exact) mass is 355 g/mol. The second-order valence-electron chi connectivity index (χ2n) is 4.63. The number of benzene rings is 1. The summed E-state index contributed by atoms with van der Waals surface area (Å²) in [6.07, 6.45) is 0. The van der Waals surface area contributed by atoms with Gasteiger partial charge in [0.1, 0.15) is 11.6 Å². The SMILES string of the molecule is O=C(CSc1cc(F)ccc1F)N[C@@H]1CS(=O)(=O)C[C@@H]1Cl. The van der Waals surface area contributed by atoms with Crippen LogP contribution < -0.4 is 5.32 Å². The Kier molecular flexibility index (Phi) is 5.11. The number of amides is 1. The normalized spacial score (nSPS) is 24.0. The Morgan fingerprint density at radius 2 is 2.10 bits per heavy atom. The van der Waals surface area contributed by atoms with Gasteiger partial charge in [-0.2, -0.15) is 0 Å². The van der Waals surface area contributed by atoms with E-state index in [0.29, 0.717) is 0 Å². The van der Waals surface area contributed by atoms with Gasteiger partial charge in [0.15, 0.2) is 9.84 Å². The Labute approximate surface area is 130 Å². The summed E-state index contributed by atoms with van der Waals surface area (Å²) < 4.78 is 49.1. The van der Waals surface area contributed by atoms with Crippen LogP contribution in [0.3, 0.4) is 0 Å². The summed E-state index contributed by atoms with van der Waals surface area (Å²) in [5.74, 6) is -2.22. The Bertz CT molecular complexity index is 654. The van der Waals surface area contributed by atoms with Crippen molar-refractivity contribution >= 4 is 39.1 Å². The maximum absolute atomic E-state index is 13.4. The lowest BCUT2D eigenvalue weighted by molar-refractivity contribution is -0.119. The van der Waals surface area contributed by atoms with Crippen molar-refractivity contribution in [2.24, 2.45) is 0 Å². The number of alkyl halides is 1. The maximum Gasteiger partial charge on any atom is 0.230 e. The van der Waals surface area contributed by atoms with Crippen LogP contribution >= 0.6 is 23.4 Å². The Morgan fingerprint density at radius 3 is 2.71 bits per heavy atom. The first-order chi connectivity index (χ1) is 9.77. The molecule has 0 saturated carbocycles. The average molecular weight is 356 g/mol. The first kappa shape index (κ1) is 16.5. The molecule has 2 rings (SSSR count). The quantitative estimate of drug-likeness (QED) is 0.658. The highest BCUT2D eigenvalue weighted by molar-refractivity contribution is 8.00. The van der Waals surface area contributed by atoms with E-state index >= 15 is 0 Å². The lowest BCUT2D eigenvalue weighted by atomic mass is 10.2. The van der Waals surface area contributed by atoms with Crippen LogP contribution in [-0.4, -0.2) is 43.0 Å². The molecule has 9 heteroatoms. The van der Waals surface area contributed by atoms with Gasteiger partial charge in [0, 0.05) is 4.90 Å². The van der Waals surface area contributed by atoms with E-state index in [1.165, 1.54) is 0 Å². The molecule has 0 bridgehead atoms. The van der Waals surface area contributed by atoms with Gasteiger partial charge < -0.3 is 5.32 Å². The van der Waals surface area contributed by atoms with Gasteiger partial charge in [-0.15, -0.1) is 23.4 Å². The molecule has 2 atom stereocenters. The summed E-state index contributed by atoms with van der Waals surface area (Å²) >= 11 is 6.69. The van der Waals surface area contributed by atoms with Crippen molar-refractivity contribution in [3.05, 3.63) is 29.8 Å². The highest BCUT2D eigenvalue weighted by Crippen LogP contribution is 2.23. The van der Waals surface area contributed by atoms with E-state index in [0.717, 1.165) is 30.0 Å². The fourth-order valence-electron chi connectivity index (χ4n) is 1.92. The molecule has 1 N–H and O–H groups in total. The fraction of sp³-hybridized carbons (Fsp3) is 0.417. The standard InChI is InChI=1S/C12H12ClF2NO3S2/c13-8-5-21(18,19)6-10(8)16-12(17)4-20-11-3-7(14)1-2-9(11)15/h1-3,8,10H,4-6H2,(H,16,17)/t8-,10+/m0/s1. The van der Waals surface area contributed by atoms with Crippen molar-refractivity contribution in [1.82, 2.24) is 5.32 Å². The van der Waals surface area contributed by atoms with E-state index in [-0.39, 0.29) is 22.2 Å². The number of rotatable bonds is 4. The summed E-state index contributed by atoms with van der Waals surface area (Å²) in [5, 5.41) is 1.83. The van der Waals surface area contributed by atoms with Crippen LogP contribution in [0.5, 0.6) is 0 Å². The van der Waals surface area contributed by atoms with Crippen LogP contribution in [0.4, 0.5) is 8.78 Å². The van der Waals surface area contributed by atoms with Gasteiger partial charge in [0.2, 0.25) is 5.91 Å².